The Morgan fingerprint density at radius 1 is 0.902 bits per heavy atom. The topological polar surface area (TPSA) is 179 Å². The van der Waals surface area contributed by atoms with Gasteiger partial charge in [0.1, 0.15) is 29.4 Å². The zero-order valence-corrected chi connectivity index (χ0v) is 37.6. The van der Waals surface area contributed by atoms with Gasteiger partial charge < -0.3 is 25.4 Å². The number of amides is 5. The Bertz CT molecular complexity index is 2250. The van der Waals surface area contributed by atoms with Gasteiger partial charge in [0.05, 0.1) is 0 Å². The molecule has 4 saturated carbocycles. The third-order valence-electron chi connectivity index (χ3n) is 16.3. The van der Waals surface area contributed by atoms with Gasteiger partial charge in [0.15, 0.2) is 0 Å². The first-order chi connectivity index (χ1) is 28.7. The summed E-state index contributed by atoms with van der Waals surface area (Å²) in [6.07, 6.45) is 11.0. The second kappa shape index (κ2) is 15.2. The highest BCUT2D eigenvalue weighted by Gasteiger charge is 2.85. The van der Waals surface area contributed by atoms with Crippen molar-refractivity contribution in [3.63, 3.8) is 0 Å². The third kappa shape index (κ3) is 7.00. The molecule has 15 heteroatoms. The summed E-state index contributed by atoms with van der Waals surface area (Å²) in [6, 6.07) is 6.62. The van der Waals surface area contributed by atoms with E-state index in [9.17, 15) is 27.6 Å². The van der Waals surface area contributed by atoms with Gasteiger partial charge in [-0.25, -0.2) is 4.72 Å². The largest absolute Gasteiger partial charge is 0.342 e. The maximum absolute atomic E-state index is 15.3. The molecule has 0 bridgehead atoms. The summed E-state index contributed by atoms with van der Waals surface area (Å²) in [5.41, 5.74) is -1.55. The minimum atomic E-state index is -4.12. The van der Waals surface area contributed by atoms with Crippen LogP contribution in [0.5, 0.6) is 0 Å². The summed E-state index contributed by atoms with van der Waals surface area (Å²) in [5, 5.41) is 10.1. The molecule has 1 aromatic heterocycles. The summed E-state index contributed by atoms with van der Waals surface area (Å²) < 4.78 is 31.7. The maximum Gasteiger partial charge on any atom is 0.303 e. The third-order valence-corrected chi connectivity index (χ3v) is 17.8. The normalized spacial score (nSPS) is 29.1. The molecule has 6 aliphatic rings. The first kappa shape index (κ1) is 43.4. The molecule has 1 unspecified atom stereocenters. The van der Waals surface area contributed by atoms with Crippen molar-refractivity contribution in [2.24, 2.45) is 40.5 Å². The van der Waals surface area contributed by atoms with Gasteiger partial charge in [-0.2, -0.15) is 12.7 Å². The second-order valence-electron chi connectivity index (χ2n) is 20.7. The van der Waals surface area contributed by atoms with Crippen molar-refractivity contribution in [2.75, 3.05) is 19.6 Å². The molecule has 14 nitrogen and oxygen atoms in total. The van der Waals surface area contributed by atoms with E-state index in [2.05, 4.69) is 41.1 Å². The lowest BCUT2D eigenvalue weighted by Gasteiger charge is -2.38. The van der Waals surface area contributed by atoms with Crippen LogP contribution in [0.15, 0.2) is 43.0 Å². The molecule has 2 saturated heterocycles. The highest BCUT2D eigenvalue weighted by atomic mass is 32.2. The van der Waals surface area contributed by atoms with Crippen LogP contribution in [0.3, 0.4) is 0 Å². The number of carbonyl (C=O) groups is 5. The van der Waals surface area contributed by atoms with Crippen molar-refractivity contribution in [3.8, 4) is 0 Å². The van der Waals surface area contributed by atoms with E-state index in [1.165, 1.54) is 4.31 Å². The predicted molar refractivity (Wildman–Crippen MR) is 232 cm³/mol. The molecule has 1 aromatic carbocycles. The van der Waals surface area contributed by atoms with Crippen molar-refractivity contribution in [3.05, 3.63) is 48.7 Å². The molecular weight excluding hydrogens is 795 g/mol. The Labute approximate surface area is 360 Å². The lowest BCUT2D eigenvalue weighted by atomic mass is 9.73. The van der Waals surface area contributed by atoms with Crippen LogP contribution >= 0.6 is 0 Å². The molecule has 5 amide bonds. The molecule has 4 aliphatic carbocycles. The number of fused-ring (bicyclic) bond motifs is 2. The van der Waals surface area contributed by atoms with Gasteiger partial charge in [-0.1, -0.05) is 84.6 Å². The molecule has 6 atom stereocenters. The SMILES string of the molecule is C=C[C@@H]1C[C@]1(NC(=O)[C@@H]1C[C@@]2(CN1C(=O)[C@@H](NC(=O)C(NC(=O)c1cc3ccccc3n1C)C1CCCCC1)C(C)(C)C)C(C)(C)C21CCC1)C(=O)NS(=O)(=O)N1CCCC1. The van der Waals surface area contributed by atoms with Gasteiger partial charge in [0, 0.05) is 48.9 Å². The Morgan fingerprint density at radius 2 is 1.57 bits per heavy atom. The molecule has 8 rings (SSSR count). The molecule has 6 fully saturated rings. The maximum atomic E-state index is 15.3. The van der Waals surface area contributed by atoms with E-state index >= 15 is 4.79 Å². The molecule has 2 aromatic rings. The molecule has 0 radical (unpaired) electrons. The number of nitrogens with one attached hydrogen (secondary N) is 4. The minimum absolute atomic E-state index is 0.0335. The lowest BCUT2D eigenvalue weighted by Crippen LogP contribution is -2.62. The van der Waals surface area contributed by atoms with E-state index in [-0.39, 0.29) is 34.5 Å². The Balaban J connectivity index is 1.07. The van der Waals surface area contributed by atoms with Crippen LogP contribution in [0.1, 0.15) is 122 Å². The summed E-state index contributed by atoms with van der Waals surface area (Å²) in [4.78, 5) is 74.3. The molecule has 61 heavy (non-hydrogen) atoms. The van der Waals surface area contributed by atoms with Crippen LogP contribution in [0.2, 0.25) is 0 Å². The van der Waals surface area contributed by atoms with Crippen LogP contribution in [-0.2, 0) is 36.4 Å². The van der Waals surface area contributed by atoms with Crippen LogP contribution in [0.4, 0.5) is 0 Å². The number of benzene rings is 1. The number of aryl methyl sites for hydroxylation is 1. The molecule has 4 N–H and O–H groups in total. The van der Waals surface area contributed by atoms with Gasteiger partial charge in [-0.05, 0) is 85.7 Å². The van der Waals surface area contributed by atoms with Crippen LogP contribution < -0.4 is 20.7 Å². The number of carbonyl (C=O) groups excluding carboxylic acids is 5. The van der Waals surface area contributed by atoms with Crippen molar-refractivity contribution < 1.29 is 32.4 Å². The zero-order chi connectivity index (χ0) is 43.9. The first-order valence-electron chi connectivity index (χ1n) is 22.5. The van der Waals surface area contributed by atoms with E-state index in [4.69, 9.17) is 0 Å². The fourth-order valence-corrected chi connectivity index (χ4v) is 13.5. The fourth-order valence-electron chi connectivity index (χ4n) is 12.2. The number of likely N-dealkylation sites (tertiary alicyclic amines) is 1. The summed E-state index contributed by atoms with van der Waals surface area (Å²) in [6.45, 7) is 14.9. The van der Waals surface area contributed by atoms with Crippen LogP contribution in [0, 0.1) is 33.5 Å². The van der Waals surface area contributed by atoms with E-state index in [0.29, 0.717) is 44.6 Å². The summed E-state index contributed by atoms with van der Waals surface area (Å²) in [5.74, 6) is -3.17. The highest BCUT2D eigenvalue weighted by molar-refractivity contribution is 7.87. The molecular formula is C46H65N7O7S. The van der Waals surface area contributed by atoms with E-state index in [1.54, 1.807) is 11.0 Å². The summed E-state index contributed by atoms with van der Waals surface area (Å²) in [7, 11) is -2.29. The summed E-state index contributed by atoms with van der Waals surface area (Å²) >= 11 is 0. The van der Waals surface area contributed by atoms with E-state index < -0.39 is 68.8 Å². The minimum Gasteiger partial charge on any atom is -0.342 e. The van der Waals surface area contributed by atoms with Gasteiger partial charge >= 0.3 is 10.2 Å². The molecule has 2 spiro atoms. The predicted octanol–water partition coefficient (Wildman–Crippen LogP) is 4.70. The van der Waals surface area contributed by atoms with Crippen molar-refractivity contribution in [2.45, 2.75) is 135 Å². The van der Waals surface area contributed by atoms with E-state index in [1.807, 2.05) is 62.7 Å². The quantitative estimate of drug-likeness (QED) is 0.224. The van der Waals surface area contributed by atoms with Gasteiger partial charge in [0.25, 0.3) is 11.8 Å². The monoisotopic (exact) mass is 859 g/mol. The average Bonchev–Trinajstić information content (AvgIpc) is 3.58. The van der Waals surface area contributed by atoms with Gasteiger partial charge in [-0.15, -0.1) is 6.58 Å². The molecule has 3 heterocycles. The van der Waals surface area contributed by atoms with Crippen molar-refractivity contribution in [1.82, 2.24) is 34.4 Å². The fraction of sp³-hybridized carbons (Fsp3) is 0.674. The number of para-hydroxylation sites is 1. The van der Waals surface area contributed by atoms with Gasteiger partial charge in [0.2, 0.25) is 17.7 Å². The zero-order valence-electron chi connectivity index (χ0n) is 36.8. The second-order valence-corrected chi connectivity index (χ2v) is 22.4. The smallest absolute Gasteiger partial charge is 0.303 e. The number of nitrogens with zero attached hydrogens (tertiary/aromatic N) is 3. The highest BCUT2D eigenvalue weighted by Crippen LogP contribution is 2.88. The van der Waals surface area contributed by atoms with Crippen molar-refractivity contribution in [1.29, 1.82) is 0 Å². The standard InChI is InChI=1S/C46H65N7O7S/c1-8-31-26-46(31,41(58)50-61(59,60)52-23-14-15-24-52)49-38(55)34-27-45(43(5,6)44(45)21-16-22-44)28-53(34)40(57)36(42(2,3)4)48-39(56)35(29-17-10-9-11-18-29)47-37(54)33-25-30-19-12-13-20-32(30)51(33)7/h8,12-13,19-20,25,29,31,34-36H,1,9-11,14-18,21-24,26-28H2,2-7H3,(H,47,54)(H,48,56)(H,49,55)(H,50,58)/t31-,34+,35?,36-,45-,46-/m1/s1. The van der Waals surface area contributed by atoms with E-state index in [0.717, 1.165) is 62.3 Å². The first-order valence-corrected chi connectivity index (χ1v) is 23.9. The van der Waals surface area contributed by atoms with Crippen LogP contribution in [-0.4, -0.2) is 95.0 Å². The van der Waals surface area contributed by atoms with Crippen molar-refractivity contribution >= 4 is 50.6 Å². The Morgan fingerprint density at radius 3 is 2.15 bits per heavy atom. The van der Waals surface area contributed by atoms with Gasteiger partial charge in [-0.3, -0.25) is 24.0 Å². The number of rotatable bonds is 12. The Kier molecular flexibility index (Phi) is 10.8. The molecule has 332 valence electrons. The Hall–Kier alpha value is -4.24. The number of hydrogen-bond acceptors (Lipinski definition) is 7. The number of hydrogen-bond donors (Lipinski definition) is 4. The lowest BCUT2D eigenvalue weighted by molar-refractivity contribution is -0.145. The average molecular weight is 860 g/mol. The molecule has 2 aliphatic heterocycles. The van der Waals surface area contributed by atoms with Crippen LogP contribution in [0.25, 0.3) is 10.9 Å². The number of aromatic nitrogens is 1.